The summed E-state index contributed by atoms with van der Waals surface area (Å²) in [7, 11) is 0. The van der Waals surface area contributed by atoms with E-state index in [4.69, 9.17) is 5.10 Å². The molecule has 118 valence electrons. The highest BCUT2D eigenvalue weighted by atomic mass is 15.3. The van der Waals surface area contributed by atoms with Crippen molar-refractivity contribution in [2.24, 2.45) is 0 Å². The van der Waals surface area contributed by atoms with Crippen LogP contribution in [-0.2, 0) is 0 Å². The number of rotatable bonds is 3. The van der Waals surface area contributed by atoms with E-state index in [-0.39, 0.29) is 6.04 Å². The lowest BCUT2D eigenvalue weighted by molar-refractivity contribution is 0.446. The summed E-state index contributed by atoms with van der Waals surface area (Å²) in [4.78, 5) is 8.75. The Morgan fingerprint density at radius 2 is 1.96 bits per heavy atom. The van der Waals surface area contributed by atoms with E-state index in [1.54, 1.807) is 6.33 Å². The maximum Gasteiger partial charge on any atom is 0.161 e. The van der Waals surface area contributed by atoms with Crippen molar-refractivity contribution in [1.82, 2.24) is 25.1 Å². The van der Waals surface area contributed by atoms with Gasteiger partial charge in [-0.25, -0.2) is 14.6 Å². The minimum absolute atomic E-state index is 0.157. The highest BCUT2D eigenvalue weighted by Gasteiger charge is 2.24. The van der Waals surface area contributed by atoms with Crippen LogP contribution in [0.3, 0.4) is 0 Å². The van der Waals surface area contributed by atoms with E-state index in [1.165, 1.54) is 5.56 Å². The zero-order valence-corrected chi connectivity index (χ0v) is 13.3. The van der Waals surface area contributed by atoms with Gasteiger partial charge in [0.2, 0.25) is 0 Å². The van der Waals surface area contributed by atoms with Gasteiger partial charge in [-0.2, -0.15) is 5.10 Å². The lowest BCUT2D eigenvalue weighted by atomic mass is 9.93. The molecule has 1 unspecified atom stereocenters. The van der Waals surface area contributed by atoms with Crippen LogP contribution in [0.2, 0.25) is 0 Å². The predicted molar refractivity (Wildman–Crippen MR) is 90.4 cm³/mol. The maximum atomic E-state index is 4.98. The molecule has 1 aromatic carbocycles. The van der Waals surface area contributed by atoms with Gasteiger partial charge in [0.1, 0.15) is 6.33 Å². The van der Waals surface area contributed by atoms with Crippen molar-refractivity contribution in [3.63, 3.8) is 0 Å². The van der Waals surface area contributed by atoms with Gasteiger partial charge < -0.3 is 5.32 Å². The first-order valence-electron chi connectivity index (χ1n) is 8.28. The van der Waals surface area contributed by atoms with Gasteiger partial charge in [-0.05, 0) is 38.4 Å². The van der Waals surface area contributed by atoms with E-state index >= 15 is 0 Å². The van der Waals surface area contributed by atoms with Crippen LogP contribution in [0.4, 0.5) is 0 Å². The Bertz CT molecular complexity index is 790. The molecule has 1 aliphatic heterocycles. The predicted octanol–water partition coefficient (Wildman–Crippen LogP) is 2.90. The smallest absolute Gasteiger partial charge is 0.161 e. The summed E-state index contributed by atoms with van der Waals surface area (Å²) < 4.78 is 2.06. The van der Waals surface area contributed by atoms with Crippen LogP contribution in [0.1, 0.15) is 43.0 Å². The van der Waals surface area contributed by atoms with Gasteiger partial charge in [-0.1, -0.05) is 30.3 Å². The van der Waals surface area contributed by atoms with Crippen LogP contribution in [0.25, 0.3) is 11.0 Å². The summed E-state index contributed by atoms with van der Waals surface area (Å²) in [5.74, 6) is 0.494. The van der Waals surface area contributed by atoms with Gasteiger partial charge in [0.25, 0.3) is 0 Å². The van der Waals surface area contributed by atoms with Crippen molar-refractivity contribution in [3.8, 4) is 0 Å². The molecule has 5 nitrogen and oxygen atoms in total. The fourth-order valence-electron chi connectivity index (χ4n) is 3.44. The third kappa shape index (κ3) is 2.61. The number of nitrogens with zero attached hydrogens (tertiary/aromatic N) is 4. The molecule has 2 aromatic heterocycles. The molecule has 0 radical (unpaired) electrons. The normalized spacial score (nSPS) is 17.4. The first-order valence-corrected chi connectivity index (χ1v) is 8.28. The molecule has 0 aliphatic carbocycles. The van der Waals surface area contributed by atoms with Crippen molar-refractivity contribution < 1.29 is 0 Å². The van der Waals surface area contributed by atoms with E-state index in [0.29, 0.717) is 5.92 Å². The summed E-state index contributed by atoms with van der Waals surface area (Å²) in [6.45, 7) is 4.29. The van der Waals surface area contributed by atoms with Crippen LogP contribution in [0, 0.1) is 0 Å². The van der Waals surface area contributed by atoms with E-state index < -0.39 is 0 Å². The first kappa shape index (κ1) is 14.3. The van der Waals surface area contributed by atoms with Gasteiger partial charge in [0.15, 0.2) is 5.65 Å². The van der Waals surface area contributed by atoms with Crippen molar-refractivity contribution >= 4 is 11.0 Å². The van der Waals surface area contributed by atoms with Crippen molar-refractivity contribution in [3.05, 3.63) is 54.1 Å². The highest BCUT2D eigenvalue weighted by Crippen LogP contribution is 2.31. The molecule has 0 spiro atoms. The average molecular weight is 307 g/mol. The quantitative estimate of drug-likeness (QED) is 0.808. The Hall–Kier alpha value is -2.27. The molecule has 0 saturated carbocycles. The third-order valence-electron chi connectivity index (χ3n) is 4.77. The summed E-state index contributed by atoms with van der Waals surface area (Å²) in [5.41, 5.74) is 3.34. The van der Waals surface area contributed by atoms with E-state index in [9.17, 15) is 0 Å². The highest BCUT2D eigenvalue weighted by molar-refractivity contribution is 5.78. The Morgan fingerprint density at radius 3 is 2.74 bits per heavy atom. The Balaban J connectivity index is 1.81. The zero-order valence-electron chi connectivity index (χ0n) is 13.3. The van der Waals surface area contributed by atoms with Crippen LogP contribution >= 0.6 is 0 Å². The second-order valence-electron chi connectivity index (χ2n) is 6.20. The lowest BCUT2D eigenvalue weighted by Crippen LogP contribution is -2.27. The summed E-state index contributed by atoms with van der Waals surface area (Å²) in [5, 5.41) is 9.50. The second-order valence-corrected chi connectivity index (χ2v) is 6.20. The Kier molecular flexibility index (Phi) is 3.79. The first-order chi connectivity index (χ1) is 11.3. The Morgan fingerprint density at radius 1 is 1.17 bits per heavy atom. The minimum Gasteiger partial charge on any atom is -0.317 e. The van der Waals surface area contributed by atoms with Crippen LogP contribution in [0.15, 0.2) is 42.9 Å². The fourth-order valence-corrected chi connectivity index (χ4v) is 3.44. The molecule has 1 fully saturated rings. The van der Waals surface area contributed by atoms with Crippen molar-refractivity contribution in [2.75, 3.05) is 13.1 Å². The SMILES string of the molecule is CC(c1ccccc1)n1nc(C2CCNCC2)c2cncnc21. The molecule has 1 N–H and O–H groups in total. The summed E-state index contributed by atoms with van der Waals surface area (Å²) in [6.07, 6.45) is 5.78. The monoisotopic (exact) mass is 307 g/mol. The number of nitrogens with one attached hydrogen (secondary N) is 1. The zero-order chi connectivity index (χ0) is 15.6. The second kappa shape index (κ2) is 6.08. The maximum absolute atomic E-state index is 4.98. The summed E-state index contributed by atoms with van der Waals surface area (Å²) in [6, 6.07) is 10.6. The number of hydrogen-bond acceptors (Lipinski definition) is 4. The van der Waals surface area contributed by atoms with Gasteiger partial charge in [-0.3, -0.25) is 0 Å². The molecule has 1 saturated heterocycles. The van der Waals surface area contributed by atoms with Gasteiger partial charge >= 0.3 is 0 Å². The topological polar surface area (TPSA) is 55.6 Å². The largest absolute Gasteiger partial charge is 0.317 e. The average Bonchev–Trinajstić information content (AvgIpc) is 3.02. The molecule has 0 amide bonds. The number of piperidine rings is 1. The minimum atomic E-state index is 0.157. The Labute approximate surface area is 135 Å². The molecule has 1 atom stereocenters. The van der Waals surface area contributed by atoms with Crippen LogP contribution < -0.4 is 5.32 Å². The molecule has 5 heteroatoms. The van der Waals surface area contributed by atoms with E-state index in [1.807, 2.05) is 12.3 Å². The van der Waals surface area contributed by atoms with E-state index in [0.717, 1.165) is 42.7 Å². The molecule has 0 bridgehead atoms. The number of benzene rings is 1. The van der Waals surface area contributed by atoms with Gasteiger partial charge in [0, 0.05) is 12.1 Å². The fraction of sp³-hybridized carbons (Fsp3) is 0.389. The number of aromatic nitrogens is 4. The molecular weight excluding hydrogens is 286 g/mol. The number of hydrogen-bond donors (Lipinski definition) is 1. The van der Waals surface area contributed by atoms with Gasteiger partial charge in [0.05, 0.1) is 17.1 Å². The molecule has 3 heterocycles. The van der Waals surface area contributed by atoms with Crippen LogP contribution in [0.5, 0.6) is 0 Å². The van der Waals surface area contributed by atoms with Crippen molar-refractivity contribution in [2.45, 2.75) is 31.7 Å². The van der Waals surface area contributed by atoms with Crippen molar-refractivity contribution in [1.29, 1.82) is 0 Å². The van der Waals surface area contributed by atoms with Crippen LogP contribution in [-0.4, -0.2) is 32.8 Å². The van der Waals surface area contributed by atoms with Gasteiger partial charge in [-0.15, -0.1) is 0 Å². The van der Waals surface area contributed by atoms with E-state index in [2.05, 4.69) is 51.2 Å². The molecule has 3 aromatic rings. The lowest BCUT2D eigenvalue weighted by Gasteiger charge is -2.21. The standard InChI is InChI=1S/C18H21N5/c1-13(14-5-3-2-4-6-14)23-18-16(11-20-12-21-18)17(22-23)15-7-9-19-10-8-15/h2-6,11-13,15,19H,7-10H2,1H3. The third-order valence-corrected chi connectivity index (χ3v) is 4.77. The number of fused-ring (bicyclic) bond motifs is 1. The molecule has 1 aliphatic rings. The summed E-state index contributed by atoms with van der Waals surface area (Å²) >= 11 is 0. The molecule has 23 heavy (non-hydrogen) atoms. The molecule has 4 rings (SSSR count). The molecular formula is C18H21N5.